The lowest BCUT2D eigenvalue weighted by molar-refractivity contribution is -0.137. The van der Waals surface area contributed by atoms with E-state index in [1.807, 2.05) is 0 Å². The number of ketones is 1. The van der Waals surface area contributed by atoms with E-state index >= 15 is 0 Å². The molecule has 3 heteroatoms. The molecule has 14 heavy (non-hydrogen) atoms. The highest BCUT2D eigenvalue weighted by Crippen LogP contribution is 2.05. The summed E-state index contributed by atoms with van der Waals surface area (Å²) in [7, 11) is 0. The predicted octanol–water partition coefficient (Wildman–Crippen LogP) is 2.56. The van der Waals surface area contributed by atoms with Crippen LogP contribution in [0.3, 0.4) is 0 Å². The van der Waals surface area contributed by atoms with E-state index in [2.05, 4.69) is 6.58 Å². The van der Waals surface area contributed by atoms with E-state index in [0.717, 1.165) is 12.8 Å². The molecule has 0 aliphatic rings. The Morgan fingerprint density at radius 2 is 1.64 bits per heavy atom. The number of allylic oxidation sites excluding steroid dienone is 1. The SMILES string of the molecule is C=CCCCC(=O)CCCCC(=O)O. The average molecular weight is 198 g/mol. The summed E-state index contributed by atoms with van der Waals surface area (Å²) in [5.41, 5.74) is 0. The minimum Gasteiger partial charge on any atom is -0.481 e. The number of carboxylic acid groups (broad SMARTS) is 1. The molecule has 0 amide bonds. The van der Waals surface area contributed by atoms with Crippen LogP contribution in [-0.4, -0.2) is 16.9 Å². The lowest BCUT2D eigenvalue weighted by atomic mass is 10.1. The zero-order chi connectivity index (χ0) is 10.8. The molecule has 0 bridgehead atoms. The van der Waals surface area contributed by atoms with Gasteiger partial charge in [-0.1, -0.05) is 6.08 Å². The molecule has 0 unspecified atom stereocenters. The van der Waals surface area contributed by atoms with E-state index in [1.54, 1.807) is 6.08 Å². The van der Waals surface area contributed by atoms with Gasteiger partial charge in [0.2, 0.25) is 0 Å². The Bertz CT molecular complexity index is 197. The van der Waals surface area contributed by atoms with Crippen LogP contribution in [0.2, 0.25) is 0 Å². The minimum atomic E-state index is -0.788. The van der Waals surface area contributed by atoms with Gasteiger partial charge >= 0.3 is 5.97 Å². The van der Waals surface area contributed by atoms with Crippen molar-refractivity contribution in [3.8, 4) is 0 Å². The van der Waals surface area contributed by atoms with Crippen molar-refractivity contribution >= 4 is 11.8 Å². The number of aliphatic carboxylic acids is 1. The number of carbonyl (C=O) groups is 2. The van der Waals surface area contributed by atoms with Crippen LogP contribution in [0, 0.1) is 0 Å². The van der Waals surface area contributed by atoms with Crippen LogP contribution in [0.25, 0.3) is 0 Å². The predicted molar refractivity (Wildman–Crippen MR) is 55.2 cm³/mol. The molecular weight excluding hydrogens is 180 g/mol. The molecule has 0 aliphatic heterocycles. The molecule has 0 saturated heterocycles. The number of carbonyl (C=O) groups excluding carboxylic acids is 1. The molecule has 0 heterocycles. The van der Waals surface area contributed by atoms with Crippen LogP contribution in [0.4, 0.5) is 0 Å². The second-order valence-corrected chi connectivity index (χ2v) is 3.32. The number of Topliss-reactive ketones (excluding diaryl/α,β-unsaturated/α-hetero) is 1. The number of carboxylic acids is 1. The van der Waals surface area contributed by atoms with Crippen molar-refractivity contribution in [3.63, 3.8) is 0 Å². The average Bonchev–Trinajstić information content (AvgIpc) is 2.13. The second kappa shape index (κ2) is 8.48. The van der Waals surface area contributed by atoms with Gasteiger partial charge in [-0.2, -0.15) is 0 Å². The van der Waals surface area contributed by atoms with Crippen LogP contribution < -0.4 is 0 Å². The standard InChI is InChI=1S/C11H18O3/c1-2-3-4-7-10(12)8-5-6-9-11(13)14/h2H,1,3-9H2,(H,13,14). The second-order valence-electron chi connectivity index (χ2n) is 3.32. The zero-order valence-electron chi connectivity index (χ0n) is 8.50. The molecule has 0 radical (unpaired) electrons. The summed E-state index contributed by atoms with van der Waals surface area (Å²) >= 11 is 0. The molecule has 0 spiro atoms. The van der Waals surface area contributed by atoms with Crippen LogP contribution in [-0.2, 0) is 9.59 Å². The van der Waals surface area contributed by atoms with Gasteiger partial charge in [0.1, 0.15) is 5.78 Å². The molecular formula is C11H18O3. The molecule has 0 aromatic rings. The quantitative estimate of drug-likeness (QED) is 0.457. The molecule has 0 aromatic heterocycles. The normalized spacial score (nSPS) is 9.71. The summed E-state index contributed by atoms with van der Waals surface area (Å²) in [6.07, 6.45) is 6.12. The first kappa shape index (κ1) is 12.9. The Hall–Kier alpha value is -1.12. The van der Waals surface area contributed by atoms with Crippen molar-refractivity contribution in [1.82, 2.24) is 0 Å². The molecule has 0 aromatic carbocycles. The maximum atomic E-state index is 11.2. The van der Waals surface area contributed by atoms with E-state index < -0.39 is 5.97 Å². The van der Waals surface area contributed by atoms with Gasteiger partial charge in [-0.15, -0.1) is 6.58 Å². The fraction of sp³-hybridized carbons (Fsp3) is 0.636. The highest BCUT2D eigenvalue weighted by molar-refractivity contribution is 5.78. The van der Waals surface area contributed by atoms with E-state index in [9.17, 15) is 9.59 Å². The molecule has 0 saturated carbocycles. The fourth-order valence-corrected chi connectivity index (χ4v) is 1.17. The topological polar surface area (TPSA) is 54.4 Å². The lowest BCUT2D eigenvalue weighted by Gasteiger charge is -1.98. The minimum absolute atomic E-state index is 0.167. The van der Waals surface area contributed by atoms with Crippen LogP contribution in [0.15, 0.2) is 12.7 Å². The monoisotopic (exact) mass is 198 g/mol. The Balaban J connectivity index is 3.26. The number of rotatable bonds is 9. The largest absolute Gasteiger partial charge is 0.481 e. The summed E-state index contributed by atoms with van der Waals surface area (Å²) in [6, 6.07) is 0. The molecule has 0 atom stereocenters. The number of unbranched alkanes of at least 4 members (excludes halogenated alkanes) is 2. The van der Waals surface area contributed by atoms with Gasteiger partial charge < -0.3 is 5.11 Å². The molecule has 0 fully saturated rings. The van der Waals surface area contributed by atoms with Crippen molar-refractivity contribution in [2.75, 3.05) is 0 Å². The Kier molecular flexibility index (Phi) is 7.80. The van der Waals surface area contributed by atoms with Gasteiger partial charge in [-0.05, 0) is 25.7 Å². The molecule has 0 rings (SSSR count). The van der Waals surface area contributed by atoms with E-state index in [-0.39, 0.29) is 12.2 Å². The molecule has 3 nitrogen and oxygen atoms in total. The first-order valence-electron chi connectivity index (χ1n) is 5.01. The maximum absolute atomic E-state index is 11.2. The van der Waals surface area contributed by atoms with Gasteiger partial charge in [-0.3, -0.25) is 9.59 Å². The van der Waals surface area contributed by atoms with E-state index in [4.69, 9.17) is 5.11 Å². The third-order valence-corrected chi connectivity index (χ3v) is 1.96. The van der Waals surface area contributed by atoms with Gasteiger partial charge in [0.25, 0.3) is 0 Å². The Morgan fingerprint density at radius 1 is 1.07 bits per heavy atom. The Labute approximate surface area is 84.8 Å². The van der Waals surface area contributed by atoms with Crippen molar-refractivity contribution in [3.05, 3.63) is 12.7 Å². The van der Waals surface area contributed by atoms with Crippen molar-refractivity contribution in [2.24, 2.45) is 0 Å². The molecule has 1 N–H and O–H groups in total. The van der Waals surface area contributed by atoms with Crippen LogP contribution >= 0.6 is 0 Å². The van der Waals surface area contributed by atoms with Gasteiger partial charge in [0.05, 0.1) is 0 Å². The molecule has 80 valence electrons. The Morgan fingerprint density at radius 3 is 2.21 bits per heavy atom. The van der Waals surface area contributed by atoms with Gasteiger partial charge in [-0.25, -0.2) is 0 Å². The van der Waals surface area contributed by atoms with Gasteiger partial charge in [0.15, 0.2) is 0 Å². The number of hydrogen-bond donors (Lipinski definition) is 1. The first-order chi connectivity index (χ1) is 6.66. The summed E-state index contributed by atoms with van der Waals surface area (Å²) < 4.78 is 0. The smallest absolute Gasteiger partial charge is 0.303 e. The van der Waals surface area contributed by atoms with Crippen molar-refractivity contribution in [1.29, 1.82) is 0 Å². The van der Waals surface area contributed by atoms with Crippen LogP contribution in [0.1, 0.15) is 44.9 Å². The van der Waals surface area contributed by atoms with Crippen molar-refractivity contribution < 1.29 is 14.7 Å². The van der Waals surface area contributed by atoms with E-state index in [0.29, 0.717) is 25.7 Å². The summed E-state index contributed by atoms with van der Waals surface area (Å²) in [5, 5.41) is 8.36. The number of hydrogen-bond acceptors (Lipinski definition) is 2. The maximum Gasteiger partial charge on any atom is 0.303 e. The van der Waals surface area contributed by atoms with E-state index in [1.165, 1.54) is 0 Å². The molecule has 0 aliphatic carbocycles. The zero-order valence-corrected chi connectivity index (χ0v) is 8.50. The van der Waals surface area contributed by atoms with Crippen molar-refractivity contribution in [2.45, 2.75) is 44.9 Å². The first-order valence-corrected chi connectivity index (χ1v) is 5.01. The summed E-state index contributed by atoms with van der Waals surface area (Å²) in [6.45, 7) is 3.58. The summed E-state index contributed by atoms with van der Waals surface area (Å²) in [4.78, 5) is 21.3. The highest BCUT2D eigenvalue weighted by atomic mass is 16.4. The third-order valence-electron chi connectivity index (χ3n) is 1.96. The third kappa shape index (κ3) is 8.97. The lowest BCUT2D eigenvalue weighted by Crippen LogP contribution is -1.99. The fourth-order valence-electron chi connectivity index (χ4n) is 1.17. The highest BCUT2D eigenvalue weighted by Gasteiger charge is 2.02. The summed E-state index contributed by atoms with van der Waals surface area (Å²) in [5.74, 6) is -0.554. The van der Waals surface area contributed by atoms with Gasteiger partial charge in [0, 0.05) is 19.3 Å². The van der Waals surface area contributed by atoms with Crippen LogP contribution in [0.5, 0.6) is 0 Å².